The summed E-state index contributed by atoms with van der Waals surface area (Å²) in [6.07, 6.45) is 1.71. The summed E-state index contributed by atoms with van der Waals surface area (Å²) in [7, 11) is 1.75. The first-order valence-electron chi connectivity index (χ1n) is 7.94. The van der Waals surface area contributed by atoms with Gasteiger partial charge in [0.05, 0.1) is 12.3 Å². The van der Waals surface area contributed by atoms with E-state index in [2.05, 4.69) is 0 Å². The van der Waals surface area contributed by atoms with Crippen LogP contribution in [-0.2, 0) is 4.79 Å². The molecular weight excluding hydrogens is 391 g/mol. The normalized spacial score (nSPS) is 15.9. The smallest absolute Gasteiger partial charge is 0.281 e. The van der Waals surface area contributed by atoms with Crippen LogP contribution < -0.4 is 9.64 Å². The second kappa shape index (κ2) is 7.66. The fraction of sp³-hybridized carbons (Fsp3) is 0.158. The Hall–Kier alpha value is -2.08. The SMILES string of the molecule is CCOc1ccc(N2C(=O)/C(=C/c3ccc(Cl)cc3Cl)N(C)C2=S)cc1. The van der Waals surface area contributed by atoms with Crippen LogP contribution in [0.25, 0.3) is 6.08 Å². The average Bonchev–Trinajstić information content (AvgIpc) is 2.82. The molecular formula is C19H16Cl2N2O2S. The van der Waals surface area contributed by atoms with Gasteiger partial charge in [0, 0.05) is 17.1 Å². The monoisotopic (exact) mass is 406 g/mol. The molecule has 1 saturated heterocycles. The predicted molar refractivity (Wildman–Crippen MR) is 110 cm³/mol. The molecule has 1 aliphatic rings. The van der Waals surface area contributed by atoms with E-state index in [9.17, 15) is 4.79 Å². The average molecular weight is 407 g/mol. The van der Waals surface area contributed by atoms with Gasteiger partial charge < -0.3 is 9.64 Å². The van der Waals surface area contributed by atoms with Crippen LogP contribution in [0.5, 0.6) is 5.75 Å². The number of carbonyl (C=O) groups is 1. The number of carbonyl (C=O) groups excluding carboxylic acids is 1. The topological polar surface area (TPSA) is 32.8 Å². The van der Waals surface area contributed by atoms with Gasteiger partial charge in [0.2, 0.25) is 0 Å². The Bertz CT molecular complexity index is 897. The number of anilines is 1. The lowest BCUT2D eigenvalue weighted by atomic mass is 10.2. The van der Waals surface area contributed by atoms with E-state index in [0.29, 0.717) is 38.7 Å². The number of rotatable bonds is 4. The number of nitrogens with zero attached hydrogens (tertiary/aromatic N) is 2. The van der Waals surface area contributed by atoms with E-state index < -0.39 is 0 Å². The van der Waals surface area contributed by atoms with Crippen molar-refractivity contribution in [2.75, 3.05) is 18.6 Å². The third kappa shape index (κ3) is 3.56. The Morgan fingerprint density at radius 2 is 1.85 bits per heavy atom. The lowest BCUT2D eigenvalue weighted by Crippen LogP contribution is -2.31. The zero-order chi connectivity index (χ0) is 18.8. The first kappa shape index (κ1) is 18.7. The molecule has 2 aromatic carbocycles. The van der Waals surface area contributed by atoms with Gasteiger partial charge in [-0.1, -0.05) is 29.3 Å². The molecule has 3 rings (SSSR count). The minimum atomic E-state index is -0.215. The predicted octanol–water partition coefficient (Wildman–Crippen LogP) is 5.00. The van der Waals surface area contributed by atoms with Gasteiger partial charge in [0.1, 0.15) is 11.4 Å². The van der Waals surface area contributed by atoms with E-state index in [1.807, 2.05) is 19.1 Å². The molecule has 1 amide bonds. The number of hydrogen-bond acceptors (Lipinski definition) is 3. The Balaban J connectivity index is 1.94. The maximum Gasteiger partial charge on any atom is 0.281 e. The number of thiocarbonyl (C=S) groups is 1. The first-order valence-corrected chi connectivity index (χ1v) is 9.10. The van der Waals surface area contributed by atoms with Gasteiger partial charge in [0.25, 0.3) is 5.91 Å². The van der Waals surface area contributed by atoms with Crippen LogP contribution in [0.4, 0.5) is 5.69 Å². The van der Waals surface area contributed by atoms with Crippen LogP contribution in [0.3, 0.4) is 0 Å². The number of amides is 1. The number of hydrogen-bond donors (Lipinski definition) is 0. The molecule has 2 aromatic rings. The van der Waals surface area contributed by atoms with Crippen molar-refractivity contribution in [3.05, 3.63) is 63.8 Å². The van der Waals surface area contributed by atoms with Gasteiger partial charge in [-0.2, -0.15) is 0 Å². The Morgan fingerprint density at radius 1 is 1.15 bits per heavy atom. The summed E-state index contributed by atoms with van der Waals surface area (Å²) >= 11 is 17.6. The van der Waals surface area contributed by atoms with Gasteiger partial charge in [-0.05, 0) is 67.2 Å². The molecule has 0 bridgehead atoms. The molecule has 0 N–H and O–H groups in total. The molecule has 4 nitrogen and oxygen atoms in total. The highest BCUT2D eigenvalue weighted by Gasteiger charge is 2.36. The third-order valence-electron chi connectivity index (χ3n) is 3.92. The highest BCUT2D eigenvalue weighted by molar-refractivity contribution is 7.80. The highest BCUT2D eigenvalue weighted by atomic mass is 35.5. The Morgan fingerprint density at radius 3 is 2.46 bits per heavy atom. The van der Waals surface area contributed by atoms with Gasteiger partial charge in [0.15, 0.2) is 5.11 Å². The van der Waals surface area contributed by atoms with E-state index in [4.69, 9.17) is 40.2 Å². The molecule has 0 aliphatic carbocycles. The minimum Gasteiger partial charge on any atom is -0.494 e. The lowest BCUT2D eigenvalue weighted by Gasteiger charge is -2.16. The van der Waals surface area contributed by atoms with Crippen molar-refractivity contribution >= 4 is 58.2 Å². The molecule has 0 aromatic heterocycles. The van der Waals surface area contributed by atoms with E-state index >= 15 is 0 Å². The summed E-state index contributed by atoms with van der Waals surface area (Å²) in [4.78, 5) is 16.1. The Kier molecular flexibility index (Phi) is 5.51. The maximum atomic E-state index is 12.9. The molecule has 7 heteroatoms. The van der Waals surface area contributed by atoms with Crippen molar-refractivity contribution in [1.29, 1.82) is 0 Å². The van der Waals surface area contributed by atoms with Gasteiger partial charge in [-0.25, -0.2) is 0 Å². The number of benzene rings is 2. The lowest BCUT2D eigenvalue weighted by molar-refractivity contribution is -0.114. The van der Waals surface area contributed by atoms with Crippen molar-refractivity contribution in [2.45, 2.75) is 6.92 Å². The summed E-state index contributed by atoms with van der Waals surface area (Å²) < 4.78 is 5.44. The fourth-order valence-electron chi connectivity index (χ4n) is 2.61. The largest absolute Gasteiger partial charge is 0.494 e. The van der Waals surface area contributed by atoms with Crippen LogP contribution >= 0.6 is 35.4 Å². The van der Waals surface area contributed by atoms with Crippen LogP contribution in [0, 0.1) is 0 Å². The third-order valence-corrected chi connectivity index (χ3v) is 4.94. The van der Waals surface area contributed by atoms with Crippen molar-refractivity contribution in [3.8, 4) is 5.75 Å². The summed E-state index contributed by atoms with van der Waals surface area (Å²) in [5, 5.41) is 1.40. The maximum absolute atomic E-state index is 12.9. The van der Waals surface area contributed by atoms with E-state index in [1.54, 1.807) is 48.4 Å². The minimum absolute atomic E-state index is 0.215. The summed E-state index contributed by atoms with van der Waals surface area (Å²) in [5.74, 6) is 0.526. The zero-order valence-electron chi connectivity index (χ0n) is 14.2. The standard InChI is InChI=1S/C19H16Cl2N2O2S/c1-3-25-15-8-6-14(7-9-15)23-18(24)17(22(2)19(23)26)10-12-4-5-13(20)11-16(12)21/h4-11H,3H2,1-2H3/b17-10-. The highest BCUT2D eigenvalue weighted by Crippen LogP contribution is 2.31. The summed E-state index contributed by atoms with van der Waals surface area (Å²) in [6, 6.07) is 12.4. The molecule has 1 aliphatic heterocycles. The number of ether oxygens (including phenoxy) is 1. The second-order valence-corrected chi connectivity index (χ2v) is 6.81. The van der Waals surface area contributed by atoms with E-state index in [0.717, 1.165) is 5.75 Å². The van der Waals surface area contributed by atoms with E-state index in [1.165, 1.54) is 4.90 Å². The molecule has 134 valence electrons. The van der Waals surface area contributed by atoms with Gasteiger partial charge in [-0.3, -0.25) is 9.69 Å². The molecule has 0 atom stereocenters. The van der Waals surface area contributed by atoms with Gasteiger partial charge in [-0.15, -0.1) is 0 Å². The zero-order valence-corrected chi connectivity index (χ0v) is 16.5. The summed E-state index contributed by atoms with van der Waals surface area (Å²) in [5.41, 5.74) is 1.82. The molecule has 0 radical (unpaired) electrons. The number of halogens is 2. The Labute approximate surface area is 167 Å². The fourth-order valence-corrected chi connectivity index (χ4v) is 3.36. The second-order valence-electron chi connectivity index (χ2n) is 5.60. The van der Waals surface area contributed by atoms with Gasteiger partial charge >= 0.3 is 0 Å². The van der Waals surface area contributed by atoms with Crippen molar-refractivity contribution in [3.63, 3.8) is 0 Å². The number of likely N-dealkylation sites (N-methyl/N-ethyl adjacent to an activating group) is 1. The van der Waals surface area contributed by atoms with Crippen LogP contribution in [0.2, 0.25) is 10.0 Å². The van der Waals surface area contributed by atoms with Crippen LogP contribution in [-0.4, -0.2) is 29.6 Å². The summed E-state index contributed by atoms with van der Waals surface area (Å²) in [6.45, 7) is 2.50. The molecule has 1 heterocycles. The molecule has 26 heavy (non-hydrogen) atoms. The molecule has 1 fully saturated rings. The molecule has 0 spiro atoms. The van der Waals surface area contributed by atoms with Crippen molar-refractivity contribution < 1.29 is 9.53 Å². The van der Waals surface area contributed by atoms with Crippen LogP contribution in [0.1, 0.15) is 12.5 Å². The van der Waals surface area contributed by atoms with Crippen LogP contribution in [0.15, 0.2) is 48.2 Å². The van der Waals surface area contributed by atoms with Crippen molar-refractivity contribution in [1.82, 2.24) is 4.90 Å². The quantitative estimate of drug-likeness (QED) is 0.528. The molecule has 0 unspecified atom stereocenters. The van der Waals surface area contributed by atoms with Crippen molar-refractivity contribution in [2.24, 2.45) is 0 Å². The molecule has 0 saturated carbocycles. The van der Waals surface area contributed by atoms with E-state index in [-0.39, 0.29) is 5.91 Å². The first-order chi connectivity index (χ1) is 12.4.